The first-order valence-electron chi connectivity index (χ1n) is 4.47. The van der Waals surface area contributed by atoms with Crippen molar-refractivity contribution in [2.45, 2.75) is 32.1 Å². The molecule has 2 aliphatic rings. The molecule has 0 amide bonds. The summed E-state index contributed by atoms with van der Waals surface area (Å²) in [6, 6.07) is 0. The molecule has 1 heteroatoms. The molecular weight excluding hydrogens is 122 g/mol. The summed E-state index contributed by atoms with van der Waals surface area (Å²) in [6.45, 7) is 2.63. The maximum atomic E-state index is 4.07. The smallest absolute Gasteiger partial charge is 0.0535 e. The minimum atomic E-state index is 0.833. The third-order valence-corrected chi connectivity index (χ3v) is 3.20. The summed E-state index contributed by atoms with van der Waals surface area (Å²) in [5.41, 5.74) is 0.833. The van der Waals surface area contributed by atoms with E-state index >= 15 is 0 Å². The molecule has 1 saturated carbocycles. The van der Waals surface area contributed by atoms with Crippen molar-refractivity contribution < 1.29 is 4.90 Å². The lowest BCUT2D eigenvalue weighted by atomic mass is 9.98. The predicted molar refractivity (Wildman–Crippen MR) is 41.6 cm³/mol. The van der Waals surface area contributed by atoms with Gasteiger partial charge in [-0.3, -0.25) is 0 Å². The van der Waals surface area contributed by atoms with Gasteiger partial charge >= 0.3 is 0 Å². The van der Waals surface area contributed by atoms with Crippen LogP contribution >= 0.6 is 0 Å². The van der Waals surface area contributed by atoms with Crippen LogP contribution in [0.4, 0.5) is 0 Å². The lowest BCUT2D eigenvalue weighted by Gasteiger charge is -2.17. The highest BCUT2D eigenvalue weighted by molar-refractivity contribution is 4.92. The molecule has 1 unspecified atom stereocenters. The Hall–Kier alpha value is -0.0400. The van der Waals surface area contributed by atoms with Crippen LogP contribution in [0.3, 0.4) is 0 Å². The molecule has 0 aromatic rings. The van der Waals surface area contributed by atoms with Crippen molar-refractivity contribution in [1.82, 2.24) is 0 Å². The molecule has 1 aliphatic heterocycles. The Morgan fingerprint density at radius 1 is 1.00 bits per heavy atom. The molecular formula is C9H17N. The predicted octanol–water partition coefficient (Wildman–Crippen LogP) is 0.627. The van der Waals surface area contributed by atoms with Crippen LogP contribution in [0.2, 0.25) is 0 Å². The standard InChI is InChI=1S/C9H17N/c1-10-7-2-3-9(4-5-9)6-8-10/h10H,1-8H2. The van der Waals surface area contributed by atoms with E-state index in [-0.39, 0.29) is 0 Å². The lowest BCUT2D eigenvalue weighted by molar-refractivity contribution is -0.853. The number of nitrogens with one attached hydrogen (secondary N) is 1. The van der Waals surface area contributed by atoms with Gasteiger partial charge < -0.3 is 4.90 Å². The molecule has 0 bridgehead atoms. The van der Waals surface area contributed by atoms with Crippen LogP contribution < -0.4 is 4.90 Å². The summed E-state index contributed by atoms with van der Waals surface area (Å²) in [5.74, 6) is 0. The fourth-order valence-corrected chi connectivity index (χ4v) is 2.08. The average Bonchev–Trinajstić information content (AvgIpc) is 2.67. The Morgan fingerprint density at radius 3 is 2.50 bits per heavy atom. The first-order chi connectivity index (χ1) is 4.81. The Bertz CT molecular complexity index is 127. The number of likely N-dealkylation sites (tertiary alicyclic amines) is 1. The van der Waals surface area contributed by atoms with E-state index in [1.165, 1.54) is 50.1 Å². The van der Waals surface area contributed by atoms with Crippen molar-refractivity contribution in [2.75, 3.05) is 13.1 Å². The molecule has 1 N–H and O–H groups in total. The lowest BCUT2D eigenvalue weighted by Crippen LogP contribution is -3.06. The van der Waals surface area contributed by atoms with Crippen molar-refractivity contribution in [1.29, 1.82) is 0 Å². The summed E-state index contributed by atoms with van der Waals surface area (Å²) < 4.78 is 0. The first-order valence-corrected chi connectivity index (χ1v) is 4.47. The van der Waals surface area contributed by atoms with E-state index in [2.05, 4.69) is 7.05 Å². The van der Waals surface area contributed by atoms with E-state index < -0.39 is 0 Å². The van der Waals surface area contributed by atoms with Gasteiger partial charge in [0, 0.05) is 0 Å². The summed E-state index contributed by atoms with van der Waals surface area (Å²) in [6.07, 6.45) is 7.39. The maximum absolute atomic E-state index is 4.07. The van der Waals surface area contributed by atoms with E-state index in [0.717, 1.165) is 5.41 Å². The Kier molecular flexibility index (Phi) is 1.48. The third-order valence-electron chi connectivity index (χ3n) is 3.20. The van der Waals surface area contributed by atoms with Gasteiger partial charge in [-0.25, -0.2) is 0 Å². The monoisotopic (exact) mass is 139 g/mol. The Balaban J connectivity index is 1.92. The van der Waals surface area contributed by atoms with Gasteiger partial charge in [-0.1, -0.05) is 0 Å². The van der Waals surface area contributed by atoms with Crippen molar-refractivity contribution in [3.05, 3.63) is 7.05 Å². The largest absolute Gasteiger partial charge is 0.468 e. The minimum Gasteiger partial charge on any atom is -0.468 e. The molecule has 1 atom stereocenters. The summed E-state index contributed by atoms with van der Waals surface area (Å²) >= 11 is 0. The topological polar surface area (TPSA) is 4.44 Å². The molecule has 10 heavy (non-hydrogen) atoms. The third kappa shape index (κ3) is 1.20. The first kappa shape index (κ1) is 6.66. The minimum absolute atomic E-state index is 0.833. The van der Waals surface area contributed by atoms with E-state index in [1.807, 2.05) is 0 Å². The molecule has 1 heterocycles. The zero-order valence-electron chi connectivity index (χ0n) is 6.66. The van der Waals surface area contributed by atoms with Gasteiger partial charge in [-0.15, -0.1) is 0 Å². The van der Waals surface area contributed by atoms with Crippen LogP contribution in [-0.2, 0) is 0 Å². The molecule has 1 spiro atoms. The van der Waals surface area contributed by atoms with Gasteiger partial charge in [0.2, 0.25) is 0 Å². The van der Waals surface area contributed by atoms with Crippen LogP contribution in [0.5, 0.6) is 0 Å². The normalized spacial score (nSPS) is 37.5. The molecule has 0 aromatic carbocycles. The van der Waals surface area contributed by atoms with Crippen LogP contribution in [0.15, 0.2) is 0 Å². The molecule has 1 aliphatic carbocycles. The second-order valence-corrected chi connectivity index (χ2v) is 4.10. The van der Waals surface area contributed by atoms with Crippen LogP contribution in [-0.4, -0.2) is 13.1 Å². The molecule has 1 nitrogen and oxygen atoms in total. The van der Waals surface area contributed by atoms with E-state index in [1.54, 1.807) is 0 Å². The SMILES string of the molecule is [CH2-][NH+]1CCCC2(CC1)CC2. The highest BCUT2D eigenvalue weighted by atomic mass is 15.1. The van der Waals surface area contributed by atoms with Gasteiger partial charge in [0.05, 0.1) is 13.1 Å². The van der Waals surface area contributed by atoms with Gasteiger partial charge in [0.1, 0.15) is 0 Å². The molecule has 58 valence electrons. The van der Waals surface area contributed by atoms with E-state index in [4.69, 9.17) is 0 Å². The van der Waals surface area contributed by atoms with Gasteiger partial charge in [0.15, 0.2) is 0 Å². The van der Waals surface area contributed by atoms with Crippen molar-refractivity contribution in [3.63, 3.8) is 0 Å². The van der Waals surface area contributed by atoms with Gasteiger partial charge in [-0.05, 0) is 37.5 Å². The number of quaternary nitrogens is 1. The Morgan fingerprint density at radius 2 is 1.80 bits per heavy atom. The highest BCUT2D eigenvalue weighted by Gasteiger charge is 2.42. The zero-order chi connectivity index (χ0) is 7.03. The van der Waals surface area contributed by atoms with Crippen molar-refractivity contribution in [3.8, 4) is 0 Å². The van der Waals surface area contributed by atoms with Crippen LogP contribution in [0.25, 0.3) is 0 Å². The maximum Gasteiger partial charge on any atom is 0.0535 e. The fraction of sp³-hybridized carbons (Fsp3) is 0.889. The van der Waals surface area contributed by atoms with E-state index in [9.17, 15) is 0 Å². The van der Waals surface area contributed by atoms with Crippen molar-refractivity contribution >= 4 is 0 Å². The average molecular weight is 139 g/mol. The highest BCUT2D eigenvalue weighted by Crippen LogP contribution is 2.52. The van der Waals surface area contributed by atoms with Crippen LogP contribution in [0, 0.1) is 12.5 Å². The van der Waals surface area contributed by atoms with Crippen molar-refractivity contribution in [2.24, 2.45) is 5.41 Å². The van der Waals surface area contributed by atoms with Gasteiger partial charge in [0.25, 0.3) is 0 Å². The molecule has 2 rings (SSSR count). The molecule has 2 fully saturated rings. The molecule has 0 radical (unpaired) electrons. The second kappa shape index (κ2) is 2.23. The van der Waals surface area contributed by atoms with Gasteiger partial charge in [-0.2, -0.15) is 7.05 Å². The fourth-order valence-electron chi connectivity index (χ4n) is 2.08. The Labute approximate surface area is 63.4 Å². The number of hydrogen-bond acceptors (Lipinski definition) is 0. The quantitative estimate of drug-likeness (QED) is 0.469. The zero-order valence-corrected chi connectivity index (χ0v) is 6.66. The molecule has 0 aromatic heterocycles. The molecule has 1 saturated heterocycles. The summed E-state index contributed by atoms with van der Waals surface area (Å²) in [7, 11) is 4.07. The van der Waals surface area contributed by atoms with E-state index in [0.29, 0.717) is 0 Å². The second-order valence-electron chi connectivity index (χ2n) is 4.10. The number of rotatable bonds is 0. The summed E-state index contributed by atoms with van der Waals surface area (Å²) in [5, 5.41) is 0. The summed E-state index contributed by atoms with van der Waals surface area (Å²) in [4.78, 5) is 1.50. The number of hydrogen-bond donors (Lipinski definition) is 1. The van der Waals surface area contributed by atoms with Crippen LogP contribution in [0.1, 0.15) is 32.1 Å².